The number of nitriles is 1. The van der Waals surface area contributed by atoms with Crippen molar-refractivity contribution in [3.8, 4) is 17.7 Å². The fourth-order valence-electron chi connectivity index (χ4n) is 4.08. The lowest BCUT2D eigenvalue weighted by Gasteiger charge is -2.17. The standard InChI is InChI=1S/C28H23N3O5S2/c1-17-21(15-29)25(33)31(16-19-8-10-20(36-2)11-9-19)27(35)24(17)22(32)12-13-30-26(34)23(38-28(30)37)14-18-6-4-3-5-7-18/h3-11,14,35H,12-13,16H2,1-2H3/b23-14-. The second-order valence-electron chi connectivity index (χ2n) is 8.47. The number of thioether (sulfide) groups is 1. The number of hydrogen-bond donors (Lipinski definition) is 1. The zero-order valence-corrected chi connectivity index (χ0v) is 22.3. The third kappa shape index (κ3) is 5.39. The number of Topliss-reactive ketones (excluding diaryl/α,β-unsaturated/α-hetero) is 1. The van der Waals surface area contributed by atoms with Crippen LogP contribution >= 0.6 is 24.0 Å². The molecule has 1 aliphatic rings. The maximum absolute atomic E-state index is 13.3. The SMILES string of the molecule is COc1ccc(Cn2c(O)c(C(=O)CCN3C(=O)/C(=C/c4ccccc4)SC3=S)c(C)c(C#N)c2=O)cc1. The molecule has 10 heteroatoms. The van der Waals surface area contributed by atoms with Crippen LogP contribution in [0.1, 0.15) is 39.0 Å². The zero-order chi connectivity index (χ0) is 27.4. The lowest BCUT2D eigenvalue weighted by molar-refractivity contribution is -0.122. The van der Waals surface area contributed by atoms with E-state index in [0.717, 1.165) is 21.9 Å². The summed E-state index contributed by atoms with van der Waals surface area (Å²) in [5.41, 5.74) is 0.569. The molecule has 3 aromatic rings. The van der Waals surface area contributed by atoms with Gasteiger partial charge >= 0.3 is 0 Å². The summed E-state index contributed by atoms with van der Waals surface area (Å²) >= 11 is 6.52. The largest absolute Gasteiger partial charge is 0.497 e. The highest BCUT2D eigenvalue weighted by Crippen LogP contribution is 2.33. The van der Waals surface area contributed by atoms with Crippen molar-refractivity contribution in [1.82, 2.24) is 9.47 Å². The lowest BCUT2D eigenvalue weighted by atomic mass is 9.99. The van der Waals surface area contributed by atoms with E-state index in [1.165, 1.54) is 18.9 Å². The summed E-state index contributed by atoms with van der Waals surface area (Å²) in [6, 6.07) is 18.1. The predicted octanol–water partition coefficient (Wildman–Crippen LogP) is 4.27. The monoisotopic (exact) mass is 545 g/mol. The van der Waals surface area contributed by atoms with Gasteiger partial charge in [-0.05, 0) is 41.8 Å². The number of benzene rings is 2. The third-order valence-corrected chi connectivity index (χ3v) is 7.49. The minimum atomic E-state index is -0.696. The summed E-state index contributed by atoms with van der Waals surface area (Å²) in [4.78, 5) is 41.0. The molecular formula is C28H23N3O5S2. The van der Waals surface area contributed by atoms with Crippen LogP contribution in [0, 0.1) is 18.3 Å². The molecule has 1 fully saturated rings. The highest BCUT2D eigenvalue weighted by molar-refractivity contribution is 8.26. The van der Waals surface area contributed by atoms with Crippen molar-refractivity contribution in [2.75, 3.05) is 13.7 Å². The Labute approximate surface area is 228 Å². The van der Waals surface area contributed by atoms with E-state index in [9.17, 15) is 24.8 Å². The zero-order valence-electron chi connectivity index (χ0n) is 20.6. The summed E-state index contributed by atoms with van der Waals surface area (Å²) in [5.74, 6) is -0.723. The average molecular weight is 546 g/mol. The molecule has 1 amide bonds. The van der Waals surface area contributed by atoms with Crippen LogP contribution in [0.15, 0.2) is 64.3 Å². The van der Waals surface area contributed by atoms with Crippen molar-refractivity contribution in [1.29, 1.82) is 5.26 Å². The molecule has 1 N–H and O–H groups in total. The fraction of sp³-hybridized carbons (Fsp3) is 0.179. The van der Waals surface area contributed by atoms with Crippen LogP contribution < -0.4 is 10.3 Å². The number of rotatable bonds is 8. The average Bonchev–Trinajstić information content (AvgIpc) is 3.18. The van der Waals surface area contributed by atoms with Gasteiger partial charge in [-0.1, -0.05) is 66.4 Å². The first-order valence-electron chi connectivity index (χ1n) is 11.6. The van der Waals surface area contributed by atoms with Crippen LogP contribution in [0.25, 0.3) is 6.08 Å². The van der Waals surface area contributed by atoms with Gasteiger partial charge in [-0.2, -0.15) is 5.26 Å². The second kappa shape index (κ2) is 11.5. The first kappa shape index (κ1) is 26.9. The molecule has 0 bridgehead atoms. The second-order valence-corrected chi connectivity index (χ2v) is 10.1. The molecule has 0 spiro atoms. The highest BCUT2D eigenvalue weighted by Gasteiger charge is 2.33. The van der Waals surface area contributed by atoms with Crippen LogP contribution in [0.4, 0.5) is 0 Å². The highest BCUT2D eigenvalue weighted by atomic mass is 32.2. The van der Waals surface area contributed by atoms with Gasteiger partial charge in [0.25, 0.3) is 11.5 Å². The van der Waals surface area contributed by atoms with E-state index < -0.39 is 17.2 Å². The van der Waals surface area contributed by atoms with E-state index in [2.05, 4.69) is 0 Å². The van der Waals surface area contributed by atoms with Crippen molar-refractivity contribution < 1.29 is 19.4 Å². The number of ether oxygens (including phenoxy) is 1. The minimum Gasteiger partial charge on any atom is -0.497 e. The van der Waals surface area contributed by atoms with Gasteiger partial charge in [0.05, 0.1) is 24.1 Å². The number of hydrogen-bond acceptors (Lipinski definition) is 8. The summed E-state index contributed by atoms with van der Waals surface area (Å²) in [6.45, 7) is 1.39. The first-order valence-corrected chi connectivity index (χ1v) is 12.8. The van der Waals surface area contributed by atoms with Crippen LogP contribution in [0.2, 0.25) is 0 Å². The quantitative estimate of drug-likeness (QED) is 0.254. The Kier molecular flexibility index (Phi) is 8.10. The van der Waals surface area contributed by atoms with Crippen LogP contribution in [0.5, 0.6) is 11.6 Å². The molecule has 1 saturated heterocycles. The molecule has 4 rings (SSSR count). The minimum absolute atomic E-state index is 0.00595. The topological polar surface area (TPSA) is 113 Å². The van der Waals surface area contributed by atoms with Crippen LogP contribution in [-0.4, -0.2) is 44.2 Å². The molecule has 0 atom stereocenters. The van der Waals surface area contributed by atoms with Crippen LogP contribution in [0.3, 0.4) is 0 Å². The number of ketones is 1. The Morgan fingerprint density at radius 2 is 1.84 bits per heavy atom. The Balaban J connectivity index is 1.58. The van der Waals surface area contributed by atoms with E-state index in [4.69, 9.17) is 17.0 Å². The molecule has 0 radical (unpaired) electrons. The molecule has 1 aromatic heterocycles. The van der Waals surface area contributed by atoms with Crippen molar-refractivity contribution in [2.24, 2.45) is 0 Å². The van der Waals surface area contributed by atoms with Gasteiger partial charge in [0.2, 0.25) is 5.88 Å². The Bertz CT molecular complexity index is 1550. The number of amides is 1. The number of nitrogens with zero attached hydrogens (tertiary/aromatic N) is 3. The van der Waals surface area contributed by atoms with Gasteiger partial charge in [0.1, 0.15) is 21.7 Å². The van der Waals surface area contributed by atoms with Crippen molar-refractivity contribution in [3.05, 3.63) is 97.7 Å². The fourth-order valence-corrected chi connectivity index (χ4v) is 5.39. The maximum Gasteiger partial charge on any atom is 0.271 e. The molecule has 2 aromatic carbocycles. The summed E-state index contributed by atoms with van der Waals surface area (Å²) < 4.78 is 6.47. The number of methoxy groups -OCH3 is 1. The molecule has 0 aliphatic carbocycles. The Morgan fingerprint density at radius 1 is 1.16 bits per heavy atom. The summed E-state index contributed by atoms with van der Waals surface area (Å²) in [5, 5.41) is 20.6. The molecule has 0 saturated carbocycles. The van der Waals surface area contributed by atoms with Crippen molar-refractivity contribution in [2.45, 2.75) is 19.9 Å². The van der Waals surface area contributed by atoms with Gasteiger partial charge in [0.15, 0.2) is 5.78 Å². The van der Waals surface area contributed by atoms with E-state index in [1.807, 2.05) is 36.4 Å². The number of carbonyl (C=O) groups is 2. The number of pyridine rings is 1. The van der Waals surface area contributed by atoms with E-state index >= 15 is 0 Å². The Hall–Kier alpha value is -4.20. The Morgan fingerprint density at radius 3 is 2.47 bits per heavy atom. The van der Waals surface area contributed by atoms with Gasteiger partial charge < -0.3 is 9.84 Å². The molecular weight excluding hydrogens is 522 g/mol. The van der Waals surface area contributed by atoms with Gasteiger partial charge in [-0.15, -0.1) is 0 Å². The molecule has 1 aliphatic heterocycles. The van der Waals surface area contributed by atoms with Crippen molar-refractivity contribution in [3.63, 3.8) is 0 Å². The smallest absolute Gasteiger partial charge is 0.271 e. The first-order chi connectivity index (χ1) is 18.2. The summed E-state index contributed by atoms with van der Waals surface area (Å²) in [7, 11) is 1.53. The normalized spacial score (nSPS) is 14.1. The van der Waals surface area contributed by atoms with E-state index in [-0.39, 0.29) is 42.1 Å². The van der Waals surface area contributed by atoms with E-state index in [0.29, 0.717) is 20.5 Å². The third-order valence-electron chi connectivity index (χ3n) is 6.11. The number of carbonyl (C=O) groups excluding carboxylic acids is 2. The number of thiocarbonyl (C=S) groups is 1. The molecule has 192 valence electrons. The van der Waals surface area contributed by atoms with Gasteiger partial charge in [-0.3, -0.25) is 23.9 Å². The van der Waals surface area contributed by atoms with Gasteiger partial charge in [-0.25, -0.2) is 0 Å². The molecule has 38 heavy (non-hydrogen) atoms. The number of aromatic nitrogens is 1. The number of aromatic hydroxyl groups is 1. The maximum atomic E-state index is 13.3. The van der Waals surface area contributed by atoms with Crippen molar-refractivity contribution >= 4 is 46.1 Å². The van der Waals surface area contributed by atoms with Gasteiger partial charge in [0, 0.05) is 13.0 Å². The predicted molar refractivity (Wildman–Crippen MR) is 149 cm³/mol. The lowest BCUT2D eigenvalue weighted by Crippen LogP contribution is -2.31. The van der Waals surface area contributed by atoms with Crippen LogP contribution in [-0.2, 0) is 11.3 Å². The van der Waals surface area contributed by atoms with E-state index in [1.54, 1.807) is 30.3 Å². The summed E-state index contributed by atoms with van der Waals surface area (Å²) in [6.07, 6.45) is 1.58. The molecule has 0 unspecified atom stereocenters. The molecule has 8 nitrogen and oxygen atoms in total. The molecule has 2 heterocycles.